The minimum atomic E-state index is -0.0919. The highest BCUT2D eigenvalue weighted by atomic mass is 16.2. The Morgan fingerprint density at radius 1 is 0.931 bits per heavy atom. The van der Waals surface area contributed by atoms with Gasteiger partial charge in [0.15, 0.2) is 13.1 Å². The van der Waals surface area contributed by atoms with E-state index in [0.717, 1.165) is 33.7 Å². The Morgan fingerprint density at radius 3 is 2.24 bits per heavy atom. The average molecular weight is 397 g/mol. The Bertz CT molecular complexity index is 818. The van der Waals surface area contributed by atoms with E-state index in [1.165, 1.54) is 0 Å². The monoisotopic (exact) mass is 396 g/mol. The van der Waals surface area contributed by atoms with Gasteiger partial charge in [-0.1, -0.05) is 56.3 Å². The van der Waals surface area contributed by atoms with Crippen molar-refractivity contribution in [2.24, 2.45) is 5.92 Å². The molecule has 29 heavy (non-hydrogen) atoms. The van der Waals surface area contributed by atoms with Gasteiger partial charge in [0, 0.05) is 5.69 Å². The van der Waals surface area contributed by atoms with Crippen LogP contribution in [0.4, 0.5) is 5.69 Å². The molecule has 2 aromatic carbocycles. The van der Waals surface area contributed by atoms with Gasteiger partial charge in [-0.25, -0.2) is 0 Å². The Balaban J connectivity index is 1.90. The van der Waals surface area contributed by atoms with Crippen molar-refractivity contribution in [1.29, 1.82) is 0 Å². The highest BCUT2D eigenvalue weighted by Gasteiger charge is 2.20. The van der Waals surface area contributed by atoms with Crippen LogP contribution < -0.4 is 15.5 Å². The SMILES string of the molecule is Cc1cccc(NC(=O)C[NH+](C)CC(=O)N[C@H](CC(C)C)c2ccccc2)c1C. The quantitative estimate of drug-likeness (QED) is 0.610. The molecule has 0 aliphatic carbocycles. The van der Waals surface area contributed by atoms with Crippen LogP contribution in [-0.4, -0.2) is 32.0 Å². The van der Waals surface area contributed by atoms with E-state index < -0.39 is 0 Å². The highest BCUT2D eigenvalue weighted by Crippen LogP contribution is 2.21. The molecule has 0 fully saturated rings. The fourth-order valence-corrected chi connectivity index (χ4v) is 3.37. The highest BCUT2D eigenvalue weighted by molar-refractivity contribution is 5.92. The molecule has 0 radical (unpaired) electrons. The smallest absolute Gasteiger partial charge is 0.279 e. The first-order valence-electron chi connectivity index (χ1n) is 10.3. The first-order valence-corrected chi connectivity index (χ1v) is 10.3. The van der Waals surface area contributed by atoms with Gasteiger partial charge in [0.2, 0.25) is 0 Å². The molecule has 2 atom stereocenters. The number of quaternary nitrogens is 1. The van der Waals surface area contributed by atoms with Crippen molar-refractivity contribution in [3.8, 4) is 0 Å². The van der Waals surface area contributed by atoms with Gasteiger partial charge in [-0.05, 0) is 48.9 Å². The van der Waals surface area contributed by atoms with Crippen LogP contribution in [0.1, 0.15) is 43.0 Å². The number of benzene rings is 2. The van der Waals surface area contributed by atoms with Crippen LogP contribution >= 0.6 is 0 Å². The second-order valence-electron chi connectivity index (χ2n) is 8.27. The number of anilines is 1. The van der Waals surface area contributed by atoms with E-state index in [-0.39, 0.29) is 30.9 Å². The van der Waals surface area contributed by atoms with Crippen molar-refractivity contribution in [2.75, 3.05) is 25.5 Å². The van der Waals surface area contributed by atoms with Crippen molar-refractivity contribution in [2.45, 2.75) is 40.2 Å². The van der Waals surface area contributed by atoms with Crippen molar-refractivity contribution in [3.05, 3.63) is 65.2 Å². The summed E-state index contributed by atoms with van der Waals surface area (Å²) in [5.41, 5.74) is 4.14. The standard InChI is InChI=1S/C24H33N3O2/c1-17(2)14-22(20-11-7-6-8-12-20)26-24(29)16-27(5)15-23(28)25-21-13-9-10-18(3)19(21)4/h6-13,17,22H,14-16H2,1-5H3,(H,25,28)(H,26,29)/p+1/t22-/m1/s1. The zero-order valence-electron chi connectivity index (χ0n) is 18.2. The Labute approximate surface area is 174 Å². The van der Waals surface area contributed by atoms with Gasteiger partial charge in [-0.2, -0.15) is 0 Å². The zero-order chi connectivity index (χ0) is 21.4. The third kappa shape index (κ3) is 7.35. The van der Waals surface area contributed by atoms with Gasteiger partial charge in [0.05, 0.1) is 13.1 Å². The molecule has 2 rings (SSSR count). The maximum atomic E-state index is 12.6. The molecule has 0 saturated carbocycles. The molecule has 0 heterocycles. The molecule has 1 unspecified atom stereocenters. The maximum Gasteiger partial charge on any atom is 0.279 e. The molecule has 5 heteroatoms. The normalized spacial score (nSPS) is 13.0. The van der Waals surface area contributed by atoms with Gasteiger partial charge in [-0.3, -0.25) is 9.59 Å². The van der Waals surface area contributed by atoms with Crippen LogP contribution in [-0.2, 0) is 9.59 Å². The second-order valence-corrected chi connectivity index (χ2v) is 8.27. The number of rotatable bonds is 9. The lowest BCUT2D eigenvalue weighted by atomic mass is 9.97. The summed E-state index contributed by atoms with van der Waals surface area (Å²) in [5, 5.41) is 6.10. The Morgan fingerprint density at radius 2 is 1.59 bits per heavy atom. The maximum absolute atomic E-state index is 12.6. The predicted molar refractivity (Wildman–Crippen MR) is 118 cm³/mol. The summed E-state index contributed by atoms with van der Waals surface area (Å²) >= 11 is 0. The molecular formula is C24H34N3O2+. The van der Waals surface area contributed by atoms with Crippen LogP contribution in [0.5, 0.6) is 0 Å². The van der Waals surface area contributed by atoms with Crippen molar-refractivity contribution >= 4 is 17.5 Å². The zero-order valence-corrected chi connectivity index (χ0v) is 18.2. The number of aryl methyl sites for hydroxylation is 1. The van der Waals surface area contributed by atoms with E-state index in [2.05, 4.69) is 24.5 Å². The summed E-state index contributed by atoms with van der Waals surface area (Å²) in [6.07, 6.45) is 0.877. The number of likely N-dealkylation sites (N-methyl/N-ethyl adjacent to an activating group) is 1. The molecule has 0 saturated heterocycles. The Hall–Kier alpha value is -2.66. The molecule has 2 amide bonds. The third-order valence-electron chi connectivity index (χ3n) is 5.05. The largest absolute Gasteiger partial charge is 0.344 e. The molecule has 3 N–H and O–H groups in total. The molecule has 156 valence electrons. The van der Waals surface area contributed by atoms with Crippen molar-refractivity contribution in [3.63, 3.8) is 0 Å². The lowest BCUT2D eigenvalue weighted by Crippen LogP contribution is -3.11. The number of carbonyl (C=O) groups is 2. The van der Waals surface area contributed by atoms with Crippen LogP contribution in [0.3, 0.4) is 0 Å². The van der Waals surface area contributed by atoms with Crippen LogP contribution in [0.2, 0.25) is 0 Å². The number of carbonyl (C=O) groups excluding carboxylic acids is 2. The van der Waals surface area contributed by atoms with Gasteiger partial charge in [0.25, 0.3) is 11.8 Å². The summed E-state index contributed by atoms with van der Waals surface area (Å²) in [6, 6.07) is 15.9. The molecule has 0 bridgehead atoms. The number of amides is 2. The number of nitrogens with one attached hydrogen (secondary N) is 3. The van der Waals surface area contributed by atoms with E-state index in [0.29, 0.717) is 5.92 Å². The molecular weight excluding hydrogens is 362 g/mol. The summed E-state index contributed by atoms with van der Waals surface area (Å²) in [6.45, 7) is 8.80. The minimum Gasteiger partial charge on any atom is -0.344 e. The van der Waals surface area contributed by atoms with Gasteiger partial charge < -0.3 is 15.5 Å². The summed E-state index contributed by atoms with van der Waals surface area (Å²) in [7, 11) is 1.86. The predicted octanol–water partition coefficient (Wildman–Crippen LogP) is 2.66. The lowest BCUT2D eigenvalue weighted by Gasteiger charge is -2.22. The van der Waals surface area contributed by atoms with E-state index in [1.807, 2.05) is 69.4 Å². The van der Waals surface area contributed by atoms with E-state index in [9.17, 15) is 9.59 Å². The van der Waals surface area contributed by atoms with E-state index >= 15 is 0 Å². The molecule has 5 nitrogen and oxygen atoms in total. The van der Waals surface area contributed by atoms with Crippen molar-refractivity contribution in [1.82, 2.24) is 5.32 Å². The van der Waals surface area contributed by atoms with Gasteiger partial charge >= 0.3 is 0 Å². The number of hydrogen-bond donors (Lipinski definition) is 3. The third-order valence-corrected chi connectivity index (χ3v) is 5.05. The lowest BCUT2D eigenvalue weighted by molar-refractivity contribution is -0.862. The fraction of sp³-hybridized carbons (Fsp3) is 0.417. The minimum absolute atomic E-state index is 0.0136. The van der Waals surface area contributed by atoms with Crippen LogP contribution in [0, 0.1) is 19.8 Å². The summed E-state index contributed by atoms with van der Waals surface area (Å²) in [4.78, 5) is 25.8. The van der Waals surface area contributed by atoms with E-state index in [1.54, 1.807) is 0 Å². The molecule has 0 aliphatic rings. The molecule has 2 aromatic rings. The molecule has 0 aliphatic heterocycles. The van der Waals surface area contributed by atoms with E-state index in [4.69, 9.17) is 0 Å². The Kier molecular flexibility index (Phi) is 8.40. The molecule has 0 spiro atoms. The summed E-state index contributed by atoms with van der Waals surface area (Å²) in [5.74, 6) is 0.330. The first kappa shape index (κ1) is 22.6. The van der Waals surface area contributed by atoms with Crippen LogP contribution in [0.15, 0.2) is 48.5 Å². The second kappa shape index (κ2) is 10.8. The topological polar surface area (TPSA) is 62.6 Å². The number of hydrogen-bond acceptors (Lipinski definition) is 2. The van der Waals surface area contributed by atoms with Crippen molar-refractivity contribution < 1.29 is 14.5 Å². The average Bonchev–Trinajstić information content (AvgIpc) is 2.65. The fourth-order valence-electron chi connectivity index (χ4n) is 3.37. The van der Waals surface area contributed by atoms with Gasteiger partial charge in [-0.15, -0.1) is 0 Å². The molecule has 0 aromatic heterocycles. The van der Waals surface area contributed by atoms with Gasteiger partial charge in [0.1, 0.15) is 0 Å². The van der Waals surface area contributed by atoms with Crippen LogP contribution in [0.25, 0.3) is 0 Å². The first-order chi connectivity index (χ1) is 13.8. The summed E-state index contributed by atoms with van der Waals surface area (Å²) < 4.78 is 0.